The summed E-state index contributed by atoms with van der Waals surface area (Å²) in [6.07, 6.45) is 0. The van der Waals surface area contributed by atoms with E-state index in [2.05, 4.69) is 350 Å². The maximum Gasteiger partial charge on any atom is 0.164 e. The average molecular weight is 1250 g/mol. The number of hydrogen-bond acceptors (Lipinski definition) is 3. The van der Waals surface area contributed by atoms with Gasteiger partial charge in [0.1, 0.15) is 0 Å². The Morgan fingerprint density at radius 3 is 1.04 bits per heavy atom. The average Bonchev–Trinajstić information content (AvgIpc) is 1.51. The predicted molar refractivity (Wildman–Crippen MR) is 405 cm³/mol. The zero-order valence-corrected chi connectivity index (χ0v) is 53.4. The normalized spacial score (nSPS) is 12.4. The van der Waals surface area contributed by atoms with Gasteiger partial charge in [-0.1, -0.05) is 291 Å². The molecule has 2 aromatic heterocycles. The molecule has 15 aromatic carbocycles. The number of rotatable bonds is 11. The van der Waals surface area contributed by atoms with E-state index in [-0.39, 0.29) is 0 Å². The van der Waals surface area contributed by atoms with Gasteiger partial charge in [-0.05, 0) is 195 Å². The highest BCUT2D eigenvalue weighted by Crippen LogP contribution is 2.63. The Kier molecular flexibility index (Phi) is 13.4. The Morgan fingerprint density at radius 2 is 0.531 bits per heavy atom. The quantitative estimate of drug-likeness (QED) is 0.130. The van der Waals surface area contributed by atoms with Crippen LogP contribution in [0.2, 0.25) is 0 Å². The van der Waals surface area contributed by atoms with E-state index in [1.54, 1.807) is 0 Å². The van der Waals surface area contributed by atoms with E-state index in [1.807, 2.05) is 18.2 Å². The van der Waals surface area contributed by atoms with Gasteiger partial charge in [-0.15, -0.1) is 0 Å². The van der Waals surface area contributed by atoms with Crippen LogP contribution >= 0.6 is 0 Å². The van der Waals surface area contributed by atoms with Crippen LogP contribution in [0.4, 0.5) is 0 Å². The van der Waals surface area contributed by atoms with Crippen LogP contribution in [0.25, 0.3) is 162 Å². The first-order valence-corrected chi connectivity index (χ1v) is 33.6. The Balaban J connectivity index is 0.793. The second-order valence-corrected chi connectivity index (χ2v) is 25.8. The van der Waals surface area contributed by atoms with Gasteiger partial charge >= 0.3 is 0 Å². The third-order valence-corrected chi connectivity index (χ3v) is 20.2. The first-order chi connectivity index (χ1) is 48.6. The minimum absolute atomic E-state index is 0.471. The van der Waals surface area contributed by atoms with E-state index < -0.39 is 5.41 Å². The maximum absolute atomic E-state index is 5.43. The van der Waals surface area contributed by atoms with Crippen molar-refractivity contribution in [2.75, 3.05) is 0 Å². The smallest absolute Gasteiger partial charge is 0.164 e. The first kappa shape index (κ1) is 56.6. The van der Waals surface area contributed by atoms with E-state index in [1.165, 1.54) is 50.1 Å². The standard InChI is InChI=1S/C94H60N4/c1-6-25-61(26-7-1)72-53-73(62-27-8-2-9-28-62)55-74(54-72)66-35-22-37-70(51-66)92-95-91(65-33-14-5-15-34-65)96-93(97-92)71-38-23-36-69(52-71)78-42-24-46-89-90(78)83-59-67(48-50-88(83)98(89)77-57-75(63-29-10-3-11-30-63)56-76(58-77)64-31-12-4-13-32-64)68-47-49-82-81-41-18-21-45-86(81)94(87(82)60-68)84-43-19-16-39-79(84)80-40-17-20-44-85(80)94/h1-60H. The van der Waals surface area contributed by atoms with E-state index >= 15 is 0 Å². The van der Waals surface area contributed by atoms with Crippen molar-refractivity contribution >= 4 is 21.8 Å². The van der Waals surface area contributed by atoms with Crippen LogP contribution in [0, 0.1) is 0 Å². The molecule has 4 nitrogen and oxygen atoms in total. The minimum atomic E-state index is -0.471. The van der Waals surface area contributed by atoms with Crippen molar-refractivity contribution in [2.24, 2.45) is 0 Å². The van der Waals surface area contributed by atoms with Gasteiger partial charge in [0.25, 0.3) is 0 Å². The summed E-state index contributed by atoms with van der Waals surface area (Å²) in [7, 11) is 0. The molecule has 19 rings (SSSR count). The van der Waals surface area contributed by atoms with Crippen LogP contribution in [0.3, 0.4) is 0 Å². The topological polar surface area (TPSA) is 43.6 Å². The van der Waals surface area contributed by atoms with Gasteiger partial charge in [0.15, 0.2) is 17.5 Å². The van der Waals surface area contributed by atoms with Gasteiger partial charge in [0, 0.05) is 33.2 Å². The van der Waals surface area contributed by atoms with Gasteiger partial charge in [0.05, 0.1) is 16.4 Å². The van der Waals surface area contributed by atoms with Crippen LogP contribution in [-0.2, 0) is 5.41 Å². The molecule has 0 unspecified atom stereocenters. The molecule has 0 radical (unpaired) electrons. The van der Waals surface area contributed by atoms with Crippen molar-refractivity contribution in [1.29, 1.82) is 0 Å². The second kappa shape index (κ2) is 23.2. The molecule has 2 aliphatic carbocycles. The largest absolute Gasteiger partial charge is 0.309 e. The van der Waals surface area contributed by atoms with Crippen molar-refractivity contribution in [1.82, 2.24) is 19.5 Å². The van der Waals surface area contributed by atoms with Crippen molar-refractivity contribution in [3.05, 3.63) is 386 Å². The van der Waals surface area contributed by atoms with Gasteiger partial charge < -0.3 is 4.57 Å². The van der Waals surface area contributed by atoms with Crippen LogP contribution in [0.5, 0.6) is 0 Å². The van der Waals surface area contributed by atoms with Crippen LogP contribution in [-0.4, -0.2) is 19.5 Å². The molecule has 2 heterocycles. The summed E-state index contributed by atoms with van der Waals surface area (Å²) in [5.41, 5.74) is 31.9. The van der Waals surface area contributed by atoms with Gasteiger partial charge in [-0.25, -0.2) is 15.0 Å². The molecule has 0 atom stereocenters. The van der Waals surface area contributed by atoms with Crippen molar-refractivity contribution in [3.63, 3.8) is 0 Å². The molecule has 0 N–H and O–H groups in total. The molecule has 0 aliphatic heterocycles. The van der Waals surface area contributed by atoms with E-state index in [0.717, 1.165) is 117 Å². The molecular weight excluding hydrogens is 1190 g/mol. The molecule has 4 heteroatoms. The lowest BCUT2D eigenvalue weighted by Gasteiger charge is -2.30. The van der Waals surface area contributed by atoms with Gasteiger partial charge in [0.2, 0.25) is 0 Å². The SMILES string of the molecule is c1ccc(-c2cc(-c3ccccc3)cc(-c3cccc(-c4nc(-c5ccccc5)nc(-c5cccc(-c6cccc7c6c6cc(-c8ccc9c(c8)C8(c%10ccccc%10-c%10ccccc%108)c8ccccc8-9)ccc6n7-c6cc(-c7ccccc7)cc(-c7ccccc7)c6)c5)n4)c3)c2)cc1. The molecule has 2 aliphatic rings. The fraction of sp³-hybridized carbons (Fsp3) is 0.0106. The number of benzene rings is 15. The molecule has 0 amide bonds. The molecule has 1 spiro atoms. The van der Waals surface area contributed by atoms with Crippen molar-refractivity contribution in [3.8, 4) is 140 Å². The monoisotopic (exact) mass is 1240 g/mol. The third kappa shape index (κ3) is 9.40. The molecule has 17 aromatic rings. The van der Waals surface area contributed by atoms with Crippen LogP contribution in [0.1, 0.15) is 22.3 Å². The molecular formula is C94H60N4. The van der Waals surface area contributed by atoms with Gasteiger partial charge in [-0.2, -0.15) is 0 Å². The van der Waals surface area contributed by atoms with Crippen LogP contribution in [0.15, 0.2) is 364 Å². The molecule has 0 fully saturated rings. The second-order valence-electron chi connectivity index (χ2n) is 25.8. The number of hydrogen-bond donors (Lipinski definition) is 0. The van der Waals surface area contributed by atoms with E-state index in [0.29, 0.717) is 17.5 Å². The Labute approximate surface area is 569 Å². The summed E-state index contributed by atoms with van der Waals surface area (Å²) in [6, 6.07) is 133. The zero-order valence-electron chi connectivity index (χ0n) is 53.4. The highest BCUT2D eigenvalue weighted by Gasteiger charge is 2.51. The Hall–Kier alpha value is -12.9. The first-order valence-electron chi connectivity index (χ1n) is 33.6. The highest BCUT2D eigenvalue weighted by atomic mass is 15.0. The van der Waals surface area contributed by atoms with Gasteiger partial charge in [-0.3, -0.25) is 0 Å². The van der Waals surface area contributed by atoms with Crippen molar-refractivity contribution in [2.45, 2.75) is 5.41 Å². The summed E-state index contributed by atoms with van der Waals surface area (Å²) in [6.45, 7) is 0. The number of nitrogens with zero attached hydrogens (tertiary/aromatic N) is 4. The predicted octanol–water partition coefficient (Wildman–Crippen LogP) is 24.0. The maximum atomic E-state index is 5.43. The summed E-state index contributed by atoms with van der Waals surface area (Å²) < 4.78 is 2.49. The van der Waals surface area contributed by atoms with E-state index in [9.17, 15) is 0 Å². The lowest BCUT2D eigenvalue weighted by Crippen LogP contribution is -2.25. The van der Waals surface area contributed by atoms with Crippen LogP contribution < -0.4 is 0 Å². The summed E-state index contributed by atoms with van der Waals surface area (Å²) >= 11 is 0. The molecule has 0 saturated heterocycles. The third-order valence-electron chi connectivity index (χ3n) is 20.2. The molecule has 0 bridgehead atoms. The van der Waals surface area contributed by atoms with E-state index in [4.69, 9.17) is 15.0 Å². The Bertz CT molecular complexity index is 5800. The molecule has 456 valence electrons. The Morgan fingerprint density at radius 1 is 0.194 bits per heavy atom. The fourth-order valence-electron chi connectivity index (χ4n) is 15.8. The highest BCUT2D eigenvalue weighted by molar-refractivity contribution is 6.17. The molecule has 0 saturated carbocycles. The lowest BCUT2D eigenvalue weighted by atomic mass is 9.70. The molecule has 98 heavy (non-hydrogen) atoms. The summed E-state index contributed by atoms with van der Waals surface area (Å²) in [5.74, 6) is 1.79. The fourth-order valence-corrected chi connectivity index (χ4v) is 15.8. The number of fused-ring (bicyclic) bond motifs is 13. The van der Waals surface area contributed by atoms with Crippen molar-refractivity contribution < 1.29 is 0 Å². The zero-order chi connectivity index (χ0) is 64.7. The lowest BCUT2D eigenvalue weighted by molar-refractivity contribution is 0.794. The summed E-state index contributed by atoms with van der Waals surface area (Å²) in [4.78, 5) is 16.0. The number of aromatic nitrogens is 4. The minimum Gasteiger partial charge on any atom is -0.309 e. The summed E-state index contributed by atoms with van der Waals surface area (Å²) in [5, 5.41) is 2.31.